The van der Waals surface area contributed by atoms with E-state index < -0.39 is 12.0 Å². The Hall–Kier alpha value is -3.68. The van der Waals surface area contributed by atoms with Crippen molar-refractivity contribution in [1.29, 1.82) is 5.26 Å². The number of allylic oxidation sites excluding steroid dienone is 1. The van der Waals surface area contributed by atoms with Crippen molar-refractivity contribution >= 4 is 39.3 Å². The van der Waals surface area contributed by atoms with Gasteiger partial charge in [-0.1, -0.05) is 29.5 Å². The lowest BCUT2D eigenvalue weighted by atomic mass is 9.96. The van der Waals surface area contributed by atoms with Crippen LogP contribution in [0.25, 0.3) is 6.08 Å². The molecule has 4 rings (SSSR count). The van der Waals surface area contributed by atoms with Gasteiger partial charge >= 0.3 is 5.97 Å². The van der Waals surface area contributed by atoms with E-state index in [2.05, 4.69) is 20.9 Å². The number of carbonyl (C=O) groups is 1. The molecule has 0 radical (unpaired) electrons. The normalized spacial score (nSPS) is 15.1. The second-order valence-electron chi connectivity index (χ2n) is 7.72. The third kappa shape index (κ3) is 4.98. The van der Waals surface area contributed by atoms with E-state index in [4.69, 9.17) is 19.5 Å². The molecule has 1 aromatic heterocycles. The molecule has 1 atom stereocenters. The molecule has 184 valence electrons. The van der Waals surface area contributed by atoms with Gasteiger partial charge in [-0.3, -0.25) is 9.36 Å². The van der Waals surface area contributed by atoms with Crippen LogP contribution < -0.4 is 24.4 Å². The van der Waals surface area contributed by atoms with Crippen molar-refractivity contribution in [2.75, 3.05) is 20.3 Å². The number of nitriles is 1. The summed E-state index contributed by atoms with van der Waals surface area (Å²) in [6.45, 7) is 3.60. The SMILES string of the molecule is CCOC(=O)C1=C(C)N=c2s/c(=C/c3cccc(OCC#N)c3)c(=O)n2[C@@H]1c1ccc(OC)c(Br)c1. The summed E-state index contributed by atoms with van der Waals surface area (Å²) in [4.78, 5) is 31.8. The molecule has 3 aromatic rings. The second kappa shape index (κ2) is 10.9. The molecule has 2 heterocycles. The lowest BCUT2D eigenvalue weighted by Crippen LogP contribution is -2.39. The summed E-state index contributed by atoms with van der Waals surface area (Å²) in [6, 6.07) is 13.8. The molecule has 0 saturated heterocycles. The van der Waals surface area contributed by atoms with E-state index in [-0.39, 0.29) is 18.8 Å². The minimum absolute atomic E-state index is 0.0705. The van der Waals surface area contributed by atoms with Crippen molar-refractivity contribution in [2.45, 2.75) is 19.9 Å². The maximum absolute atomic E-state index is 13.7. The minimum atomic E-state index is -0.727. The molecule has 0 fully saturated rings. The van der Waals surface area contributed by atoms with Gasteiger partial charge in [0.25, 0.3) is 5.56 Å². The van der Waals surface area contributed by atoms with Gasteiger partial charge in [0, 0.05) is 0 Å². The van der Waals surface area contributed by atoms with E-state index in [9.17, 15) is 9.59 Å². The number of halogens is 1. The molecule has 8 nitrogen and oxygen atoms in total. The zero-order chi connectivity index (χ0) is 25.8. The van der Waals surface area contributed by atoms with E-state index in [0.29, 0.717) is 42.1 Å². The van der Waals surface area contributed by atoms with Crippen molar-refractivity contribution in [3.05, 3.63) is 89.0 Å². The van der Waals surface area contributed by atoms with Gasteiger partial charge in [-0.05, 0) is 71.2 Å². The van der Waals surface area contributed by atoms with Crippen LogP contribution in [0.3, 0.4) is 0 Å². The summed E-state index contributed by atoms with van der Waals surface area (Å²) in [5, 5.41) is 8.76. The number of carbonyl (C=O) groups excluding carboxylic acids is 1. The standard InChI is InChI=1S/C26H22BrN3O5S/c1-4-34-25(32)22-15(2)29-26-30(23(22)17-8-9-20(33-3)19(27)14-17)24(31)21(36-26)13-16-6-5-7-18(12-16)35-11-10-28/h5-9,12-14,23H,4,11H2,1-3H3/b21-13+/t23-/m1/s1. The molecule has 10 heteroatoms. The molecule has 0 bridgehead atoms. The van der Waals surface area contributed by atoms with Crippen molar-refractivity contribution in [2.24, 2.45) is 4.99 Å². The molecule has 0 saturated carbocycles. The van der Waals surface area contributed by atoms with Gasteiger partial charge in [0.1, 0.15) is 17.6 Å². The molecular weight excluding hydrogens is 546 g/mol. The summed E-state index contributed by atoms with van der Waals surface area (Å²) >= 11 is 4.74. The van der Waals surface area contributed by atoms with Gasteiger partial charge in [-0.15, -0.1) is 0 Å². The predicted octanol–water partition coefficient (Wildman–Crippen LogP) is 3.47. The molecule has 1 aliphatic rings. The van der Waals surface area contributed by atoms with Crippen LogP contribution in [0.5, 0.6) is 11.5 Å². The third-order valence-electron chi connectivity index (χ3n) is 5.47. The van der Waals surface area contributed by atoms with Crippen molar-refractivity contribution in [3.63, 3.8) is 0 Å². The monoisotopic (exact) mass is 567 g/mol. The fourth-order valence-electron chi connectivity index (χ4n) is 3.92. The summed E-state index contributed by atoms with van der Waals surface area (Å²) in [5.74, 6) is 0.634. The Morgan fingerprint density at radius 3 is 2.81 bits per heavy atom. The number of ether oxygens (including phenoxy) is 3. The summed E-state index contributed by atoms with van der Waals surface area (Å²) in [7, 11) is 1.57. The van der Waals surface area contributed by atoms with Gasteiger partial charge in [0.15, 0.2) is 11.4 Å². The van der Waals surface area contributed by atoms with Crippen LogP contribution >= 0.6 is 27.3 Å². The smallest absolute Gasteiger partial charge is 0.338 e. The van der Waals surface area contributed by atoms with E-state index in [1.54, 1.807) is 51.3 Å². The number of hydrogen-bond donors (Lipinski definition) is 0. The van der Waals surface area contributed by atoms with E-state index in [0.717, 1.165) is 5.56 Å². The first kappa shape index (κ1) is 25.4. The molecule has 0 amide bonds. The average Bonchev–Trinajstić information content (AvgIpc) is 3.16. The number of methoxy groups -OCH3 is 1. The fraction of sp³-hybridized carbons (Fsp3) is 0.231. The molecule has 0 unspecified atom stereocenters. The summed E-state index contributed by atoms with van der Waals surface area (Å²) in [5.41, 5.74) is 1.96. The van der Waals surface area contributed by atoms with Crippen molar-refractivity contribution in [1.82, 2.24) is 4.57 Å². The highest BCUT2D eigenvalue weighted by molar-refractivity contribution is 9.10. The number of thiazole rings is 1. The number of nitrogens with zero attached hydrogens (tertiary/aromatic N) is 3. The lowest BCUT2D eigenvalue weighted by molar-refractivity contribution is -0.139. The van der Waals surface area contributed by atoms with Gasteiger partial charge in [0.2, 0.25) is 0 Å². The van der Waals surface area contributed by atoms with Gasteiger partial charge in [-0.25, -0.2) is 9.79 Å². The Balaban J connectivity index is 1.90. The first-order valence-electron chi connectivity index (χ1n) is 11.0. The van der Waals surface area contributed by atoms with Crippen molar-refractivity contribution < 1.29 is 19.0 Å². The minimum Gasteiger partial charge on any atom is -0.496 e. The maximum atomic E-state index is 13.7. The highest BCUT2D eigenvalue weighted by Gasteiger charge is 2.33. The second-order valence-corrected chi connectivity index (χ2v) is 9.58. The van der Waals surface area contributed by atoms with Crippen LogP contribution in [0.2, 0.25) is 0 Å². The zero-order valence-corrected chi connectivity index (χ0v) is 22.2. The zero-order valence-electron chi connectivity index (χ0n) is 19.8. The molecule has 2 aromatic carbocycles. The molecule has 0 N–H and O–H groups in total. The Bertz CT molecular complexity index is 1580. The lowest BCUT2D eigenvalue weighted by Gasteiger charge is -2.25. The quantitative estimate of drug-likeness (QED) is 0.405. The topological polar surface area (TPSA) is 103 Å². The Morgan fingerprint density at radius 1 is 1.31 bits per heavy atom. The van der Waals surface area contributed by atoms with Crippen LogP contribution in [-0.2, 0) is 9.53 Å². The third-order valence-corrected chi connectivity index (χ3v) is 7.07. The van der Waals surface area contributed by atoms with E-state index in [1.165, 1.54) is 15.9 Å². The molecule has 0 spiro atoms. The number of benzene rings is 2. The number of esters is 1. The first-order valence-corrected chi connectivity index (χ1v) is 12.6. The van der Waals surface area contributed by atoms with Crippen LogP contribution in [0.15, 0.2) is 68.0 Å². The van der Waals surface area contributed by atoms with Gasteiger partial charge in [0.05, 0.1) is 40.0 Å². The molecule has 36 heavy (non-hydrogen) atoms. The number of aromatic nitrogens is 1. The Morgan fingerprint density at radius 2 is 2.11 bits per heavy atom. The first-order chi connectivity index (χ1) is 17.4. The molecular formula is C26H22BrN3O5S. The van der Waals surface area contributed by atoms with Crippen LogP contribution in [-0.4, -0.2) is 30.9 Å². The number of rotatable bonds is 7. The highest BCUT2D eigenvalue weighted by Crippen LogP contribution is 2.35. The number of fused-ring (bicyclic) bond motifs is 1. The summed E-state index contributed by atoms with van der Waals surface area (Å²) < 4.78 is 18.7. The summed E-state index contributed by atoms with van der Waals surface area (Å²) in [6.07, 6.45) is 1.74. The largest absolute Gasteiger partial charge is 0.496 e. The van der Waals surface area contributed by atoms with Crippen LogP contribution in [0.4, 0.5) is 0 Å². The maximum Gasteiger partial charge on any atom is 0.338 e. The fourth-order valence-corrected chi connectivity index (χ4v) is 5.53. The molecule has 1 aliphatic heterocycles. The number of hydrogen-bond acceptors (Lipinski definition) is 8. The highest BCUT2D eigenvalue weighted by atomic mass is 79.9. The van der Waals surface area contributed by atoms with Gasteiger partial charge in [-0.2, -0.15) is 5.26 Å². The van der Waals surface area contributed by atoms with Crippen LogP contribution in [0.1, 0.15) is 31.0 Å². The van der Waals surface area contributed by atoms with E-state index >= 15 is 0 Å². The Kier molecular flexibility index (Phi) is 7.72. The van der Waals surface area contributed by atoms with Gasteiger partial charge < -0.3 is 14.2 Å². The van der Waals surface area contributed by atoms with Crippen LogP contribution in [0, 0.1) is 11.3 Å². The van der Waals surface area contributed by atoms with E-state index in [1.807, 2.05) is 24.3 Å². The molecule has 0 aliphatic carbocycles. The average molecular weight is 568 g/mol. The Labute approximate surface area is 219 Å². The van der Waals surface area contributed by atoms with Crippen molar-refractivity contribution in [3.8, 4) is 17.6 Å². The predicted molar refractivity (Wildman–Crippen MR) is 139 cm³/mol.